The van der Waals surface area contributed by atoms with Crippen LogP contribution in [0.2, 0.25) is 0 Å². The van der Waals surface area contributed by atoms with Gasteiger partial charge in [-0.2, -0.15) is 0 Å². The van der Waals surface area contributed by atoms with Gasteiger partial charge >= 0.3 is 5.97 Å². The van der Waals surface area contributed by atoms with Gasteiger partial charge in [-0.25, -0.2) is 4.79 Å². The highest BCUT2D eigenvalue weighted by Crippen LogP contribution is 2.23. The first kappa shape index (κ1) is 12.0. The highest BCUT2D eigenvalue weighted by atomic mass is 16.5. The number of esters is 1. The predicted molar refractivity (Wildman–Crippen MR) is 72.5 cm³/mol. The number of hydrogen-bond donors (Lipinski definition) is 0. The molecule has 98 valence electrons. The van der Waals surface area contributed by atoms with Gasteiger partial charge in [-0.05, 0) is 31.4 Å². The van der Waals surface area contributed by atoms with E-state index in [1.165, 1.54) is 5.56 Å². The van der Waals surface area contributed by atoms with Crippen molar-refractivity contribution in [2.75, 3.05) is 6.61 Å². The Hall–Kier alpha value is -2.10. The van der Waals surface area contributed by atoms with E-state index in [0.29, 0.717) is 5.39 Å². The van der Waals surface area contributed by atoms with Crippen LogP contribution in [0.5, 0.6) is 0 Å². The number of rotatable bonds is 2. The predicted octanol–water partition coefficient (Wildman–Crippen LogP) is 2.12. The van der Waals surface area contributed by atoms with Crippen LogP contribution in [-0.4, -0.2) is 17.1 Å². The maximum absolute atomic E-state index is 12.4. The normalized spacial score (nSPS) is 13.5. The molecule has 0 spiro atoms. The van der Waals surface area contributed by atoms with Crippen LogP contribution in [0.3, 0.4) is 0 Å². The molecule has 1 aliphatic rings. The Labute approximate surface area is 110 Å². The Morgan fingerprint density at radius 3 is 3.05 bits per heavy atom. The molecule has 2 aromatic rings. The van der Waals surface area contributed by atoms with E-state index >= 15 is 0 Å². The van der Waals surface area contributed by atoms with Crippen molar-refractivity contribution >= 4 is 16.9 Å². The van der Waals surface area contributed by atoms with E-state index in [2.05, 4.69) is 0 Å². The minimum absolute atomic E-state index is 0.133. The number of benzene rings is 1. The fraction of sp³-hybridized carbons (Fsp3) is 0.333. The Kier molecular flexibility index (Phi) is 2.85. The lowest BCUT2D eigenvalue weighted by Crippen LogP contribution is -2.23. The van der Waals surface area contributed by atoms with Gasteiger partial charge < -0.3 is 9.30 Å². The van der Waals surface area contributed by atoms with Gasteiger partial charge in [0.15, 0.2) is 0 Å². The fourth-order valence-electron chi connectivity index (χ4n) is 2.71. The number of carbonyl (C=O) groups excluding carboxylic acids is 1. The molecule has 0 amide bonds. The molecule has 0 bridgehead atoms. The van der Waals surface area contributed by atoms with Gasteiger partial charge in [0.05, 0.1) is 12.1 Å². The van der Waals surface area contributed by atoms with Crippen LogP contribution in [0.1, 0.15) is 29.3 Å². The van der Waals surface area contributed by atoms with E-state index in [1.54, 1.807) is 19.2 Å². The molecule has 0 radical (unpaired) electrons. The fourth-order valence-corrected chi connectivity index (χ4v) is 2.71. The van der Waals surface area contributed by atoms with Gasteiger partial charge in [0, 0.05) is 18.1 Å². The molecule has 0 N–H and O–H groups in total. The summed E-state index contributed by atoms with van der Waals surface area (Å²) in [5.74, 6) is -0.533. The highest BCUT2D eigenvalue weighted by molar-refractivity contribution is 5.94. The molecule has 1 aromatic heterocycles. The summed E-state index contributed by atoms with van der Waals surface area (Å²) in [6.45, 7) is 2.84. The minimum Gasteiger partial charge on any atom is -0.462 e. The summed E-state index contributed by atoms with van der Waals surface area (Å²) in [7, 11) is 0. The second kappa shape index (κ2) is 4.53. The number of hydrogen-bond acceptors (Lipinski definition) is 3. The zero-order valence-electron chi connectivity index (χ0n) is 10.8. The van der Waals surface area contributed by atoms with E-state index in [1.807, 2.05) is 16.7 Å². The number of aryl methyl sites for hydroxylation is 2. The maximum atomic E-state index is 12.4. The van der Waals surface area contributed by atoms with E-state index in [9.17, 15) is 9.59 Å². The second-order valence-electron chi connectivity index (χ2n) is 4.70. The molecule has 0 saturated carbocycles. The van der Waals surface area contributed by atoms with Crippen LogP contribution in [0.4, 0.5) is 0 Å². The van der Waals surface area contributed by atoms with Crippen molar-refractivity contribution in [3.63, 3.8) is 0 Å². The van der Waals surface area contributed by atoms with E-state index in [4.69, 9.17) is 4.74 Å². The molecule has 4 heteroatoms. The first-order chi connectivity index (χ1) is 9.22. The minimum atomic E-state index is -0.533. The summed E-state index contributed by atoms with van der Waals surface area (Å²) in [5.41, 5.74) is 2.05. The molecule has 0 fully saturated rings. The number of nitrogens with zero attached hydrogens (tertiary/aromatic N) is 1. The topological polar surface area (TPSA) is 48.3 Å². The van der Waals surface area contributed by atoms with Gasteiger partial charge in [0.2, 0.25) is 5.43 Å². The Balaban J connectivity index is 2.31. The smallest absolute Gasteiger partial charge is 0.343 e. The van der Waals surface area contributed by atoms with Crippen molar-refractivity contribution < 1.29 is 9.53 Å². The van der Waals surface area contributed by atoms with E-state index < -0.39 is 5.97 Å². The van der Waals surface area contributed by atoms with Gasteiger partial charge in [-0.3, -0.25) is 4.79 Å². The molecule has 4 nitrogen and oxygen atoms in total. The summed E-state index contributed by atoms with van der Waals surface area (Å²) < 4.78 is 6.95. The van der Waals surface area contributed by atoms with Gasteiger partial charge in [0.25, 0.3) is 0 Å². The SMILES string of the molecule is CCOC(=O)c1cn2c3c(cccc3c1=O)CCC2. The maximum Gasteiger partial charge on any atom is 0.343 e. The third kappa shape index (κ3) is 1.84. The summed E-state index contributed by atoms with van der Waals surface area (Å²) in [5, 5.41) is 0.614. The van der Waals surface area contributed by atoms with Crippen LogP contribution in [0, 0.1) is 0 Å². The standard InChI is InChI=1S/C15H15NO3/c1-2-19-15(18)12-9-16-8-4-6-10-5-3-7-11(13(10)16)14(12)17/h3,5,7,9H,2,4,6,8H2,1H3. The molecule has 0 saturated heterocycles. The lowest BCUT2D eigenvalue weighted by atomic mass is 10.00. The van der Waals surface area contributed by atoms with Crippen LogP contribution in [-0.2, 0) is 17.7 Å². The second-order valence-corrected chi connectivity index (χ2v) is 4.70. The number of carbonyl (C=O) groups is 1. The molecule has 0 aliphatic carbocycles. The molecular formula is C15H15NO3. The largest absolute Gasteiger partial charge is 0.462 e. The highest BCUT2D eigenvalue weighted by Gasteiger charge is 2.19. The number of pyridine rings is 1. The van der Waals surface area contributed by atoms with Crippen LogP contribution in [0.15, 0.2) is 29.2 Å². The average Bonchev–Trinajstić information content (AvgIpc) is 2.43. The average molecular weight is 257 g/mol. The third-order valence-electron chi connectivity index (χ3n) is 3.52. The van der Waals surface area contributed by atoms with Crippen LogP contribution < -0.4 is 5.43 Å². The monoisotopic (exact) mass is 257 g/mol. The summed E-state index contributed by atoms with van der Waals surface area (Å²) in [4.78, 5) is 24.2. The quantitative estimate of drug-likeness (QED) is 0.774. The van der Waals surface area contributed by atoms with Crippen molar-refractivity contribution in [1.82, 2.24) is 4.57 Å². The molecule has 3 rings (SSSR count). The van der Waals surface area contributed by atoms with Crippen LogP contribution in [0.25, 0.3) is 10.9 Å². The Morgan fingerprint density at radius 1 is 1.42 bits per heavy atom. The van der Waals surface area contributed by atoms with Gasteiger partial charge in [-0.15, -0.1) is 0 Å². The molecular weight excluding hydrogens is 242 g/mol. The van der Waals surface area contributed by atoms with Gasteiger partial charge in [0.1, 0.15) is 5.56 Å². The lowest BCUT2D eigenvalue weighted by Gasteiger charge is -2.20. The summed E-state index contributed by atoms with van der Waals surface area (Å²) in [6.07, 6.45) is 3.65. The summed E-state index contributed by atoms with van der Waals surface area (Å²) in [6, 6.07) is 5.71. The number of para-hydroxylation sites is 1. The van der Waals surface area contributed by atoms with Crippen molar-refractivity contribution in [3.8, 4) is 0 Å². The van der Waals surface area contributed by atoms with E-state index in [-0.39, 0.29) is 17.6 Å². The third-order valence-corrected chi connectivity index (χ3v) is 3.52. The first-order valence-corrected chi connectivity index (χ1v) is 6.54. The van der Waals surface area contributed by atoms with E-state index in [0.717, 1.165) is 24.9 Å². The Morgan fingerprint density at radius 2 is 2.26 bits per heavy atom. The number of ether oxygens (including phenoxy) is 1. The molecule has 19 heavy (non-hydrogen) atoms. The molecule has 2 heterocycles. The number of aromatic nitrogens is 1. The summed E-state index contributed by atoms with van der Waals surface area (Å²) >= 11 is 0. The van der Waals surface area contributed by atoms with Crippen LogP contribution >= 0.6 is 0 Å². The zero-order chi connectivity index (χ0) is 13.4. The molecule has 0 atom stereocenters. The molecule has 1 aliphatic heterocycles. The van der Waals surface area contributed by atoms with Gasteiger partial charge in [-0.1, -0.05) is 12.1 Å². The first-order valence-electron chi connectivity index (χ1n) is 6.54. The molecule has 0 unspecified atom stereocenters. The van der Waals surface area contributed by atoms with Crippen molar-refractivity contribution in [2.45, 2.75) is 26.3 Å². The molecule has 1 aromatic carbocycles. The zero-order valence-corrected chi connectivity index (χ0v) is 10.8. The Bertz CT molecular complexity index is 715. The van der Waals surface area contributed by atoms with Crippen molar-refractivity contribution in [3.05, 3.63) is 45.7 Å². The lowest BCUT2D eigenvalue weighted by molar-refractivity contribution is 0.0524. The van der Waals surface area contributed by atoms with Crippen molar-refractivity contribution in [2.24, 2.45) is 0 Å². The van der Waals surface area contributed by atoms with Crippen molar-refractivity contribution in [1.29, 1.82) is 0 Å².